The van der Waals surface area contributed by atoms with Crippen molar-refractivity contribution in [1.29, 1.82) is 0 Å². The summed E-state index contributed by atoms with van der Waals surface area (Å²) in [7, 11) is 0. The summed E-state index contributed by atoms with van der Waals surface area (Å²) >= 11 is 14.1. The first-order valence-electron chi connectivity index (χ1n) is 15.0. The molecule has 224 valence electrons. The fourth-order valence-electron chi connectivity index (χ4n) is 6.04. The van der Waals surface area contributed by atoms with Crippen LogP contribution in [0.3, 0.4) is 0 Å². The maximum Gasteiger partial charge on any atom is 0.222 e. The number of benzene rings is 2. The van der Waals surface area contributed by atoms with E-state index in [2.05, 4.69) is 29.3 Å². The van der Waals surface area contributed by atoms with Crippen molar-refractivity contribution in [3.8, 4) is 5.69 Å². The van der Waals surface area contributed by atoms with E-state index in [1.54, 1.807) is 17.8 Å². The zero-order valence-electron chi connectivity index (χ0n) is 24.2. The molecule has 1 saturated carbocycles. The molecular weight excluding hydrogens is 589 g/mol. The number of hydrogen-bond donors (Lipinski definition) is 0. The maximum atomic E-state index is 13.0. The van der Waals surface area contributed by atoms with Gasteiger partial charge in [0.25, 0.3) is 0 Å². The van der Waals surface area contributed by atoms with Crippen molar-refractivity contribution in [2.75, 3.05) is 25.4 Å². The van der Waals surface area contributed by atoms with Crippen molar-refractivity contribution < 1.29 is 9.59 Å². The molecule has 7 nitrogen and oxygen atoms in total. The average molecular weight is 629 g/mol. The molecule has 2 heterocycles. The molecule has 42 heavy (non-hydrogen) atoms. The summed E-state index contributed by atoms with van der Waals surface area (Å²) < 4.78 is 2.02. The average Bonchev–Trinajstić information content (AvgIpc) is 3.66. The van der Waals surface area contributed by atoms with Gasteiger partial charge in [0.2, 0.25) is 11.8 Å². The molecule has 1 saturated heterocycles. The second-order valence-electron chi connectivity index (χ2n) is 11.4. The molecule has 0 spiro atoms. The minimum Gasteiger partial charge on any atom is -0.339 e. The minimum atomic E-state index is 0.0564. The Morgan fingerprint density at radius 2 is 1.74 bits per heavy atom. The standard InChI is InChI=1S/C32H39Cl2N5O2S/c1-23-22-37(17-18-38(23)31(41)16-13-24-8-5-6-9-24)30(40)12-7-19-42-32-36-35-29(20-25-10-3-2-4-11-25)39(32)26-14-15-27(33)28(34)21-26/h2-4,10-11,14-15,21,23-24H,5-9,12-13,16-20,22H2,1H3. The smallest absolute Gasteiger partial charge is 0.222 e. The van der Waals surface area contributed by atoms with Crippen molar-refractivity contribution in [3.63, 3.8) is 0 Å². The molecule has 3 aromatic rings. The third-order valence-electron chi connectivity index (χ3n) is 8.37. The van der Waals surface area contributed by atoms with Gasteiger partial charge in [0.05, 0.1) is 15.7 Å². The van der Waals surface area contributed by atoms with Gasteiger partial charge in [0.1, 0.15) is 5.82 Å². The number of amides is 2. The fourth-order valence-corrected chi connectivity index (χ4v) is 7.24. The van der Waals surface area contributed by atoms with Crippen molar-refractivity contribution in [2.24, 2.45) is 5.92 Å². The van der Waals surface area contributed by atoms with Gasteiger partial charge in [-0.2, -0.15) is 0 Å². The molecule has 1 aliphatic heterocycles. The minimum absolute atomic E-state index is 0.0564. The molecule has 1 unspecified atom stereocenters. The summed E-state index contributed by atoms with van der Waals surface area (Å²) in [5.74, 6) is 2.65. The third kappa shape index (κ3) is 7.88. The highest BCUT2D eigenvalue weighted by Gasteiger charge is 2.30. The van der Waals surface area contributed by atoms with E-state index in [0.29, 0.717) is 48.9 Å². The summed E-state index contributed by atoms with van der Waals surface area (Å²) in [6.07, 6.45) is 8.61. The normalized spacial score (nSPS) is 17.6. The number of piperazine rings is 1. The topological polar surface area (TPSA) is 71.3 Å². The zero-order valence-corrected chi connectivity index (χ0v) is 26.5. The summed E-state index contributed by atoms with van der Waals surface area (Å²) in [6.45, 7) is 3.91. The predicted octanol–water partition coefficient (Wildman–Crippen LogP) is 7.07. The van der Waals surface area contributed by atoms with Crippen LogP contribution in [0.2, 0.25) is 10.0 Å². The van der Waals surface area contributed by atoms with Gasteiger partial charge in [0.15, 0.2) is 5.16 Å². The number of carbonyl (C=O) groups is 2. The van der Waals surface area contributed by atoms with Crippen LogP contribution in [-0.4, -0.2) is 67.8 Å². The molecule has 0 N–H and O–H groups in total. The summed E-state index contributed by atoms with van der Waals surface area (Å²) in [5, 5.41) is 10.7. The number of carbonyl (C=O) groups excluding carboxylic acids is 2. The van der Waals surface area contributed by atoms with Gasteiger partial charge >= 0.3 is 0 Å². The highest BCUT2D eigenvalue weighted by molar-refractivity contribution is 7.99. The molecule has 2 aromatic carbocycles. The summed E-state index contributed by atoms with van der Waals surface area (Å²) in [6, 6.07) is 15.7. The van der Waals surface area contributed by atoms with E-state index in [0.717, 1.165) is 46.7 Å². The van der Waals surface area contributed by atoms with Gasteiger partial charge in [-0.05, 0) is 49.4 Å². The highest BCUT2D eigenvalue weighted by Crippen LogP contribution is 2.30. The number of halogens is 2. The molecule has 1 aromatic heterocycles. The molecular formula is C32H39Cl2N5O2S. The Balaban J connectivity index is 1.13. The van der Waals surface area contributed by atoms with Gasteiger partial charge in [-0.1, -0.05) is 91.0 Å². The van der Waals surface area contributed by atoms with Crippen molar-refractivity contribution in [1.82, 2.24) is 24.6 Å². The first-order chi connectivity index (χ1) is 20.4. The summed E-state index contributed by atoms with van der Waals surface area (Å²) in [4.78, 5) is 29.8. The first kappa shape index (κ1) is 30.9. The van der Waals surface area contributed by atoms with Crippen LogP contribution in [0.4, 0.5) is 0 Å². The Labute approximate surface area is 263 Å². The fraction of sp³-hybridized carbons (Fsp3) is 0.500. The van der Waals surface area contributed by atoms with E-state index in [9.17, 15) is 9.59 Å². The van der Waals surface area contributed by atoms with Crippen LogP contribution < -0.4 is 0 Å². The molecule has 0 radical (unpaired) electrons. The number of rotatable bonds is 11. The van der Waals surface area contributed by atoms with Crippen LogP contribution in [0.25, 0.3) is 5.69 Å². The molecule has 2 amide bonds. The maximum absolute atomic E-state index is 13.0. The lowest BCUT2D eigenvalue weighted by molar-refractivity contribution is -0.142. The van der Waals surface area contributed by atoms with Crippen molar-refractivity contribution in [2.45, 2.75) is 75.9 Å². The van der Waals surface area contributed by atoms with E-state index in [4.69, 9.17) is 23.2 Å². The van der Waals surface area contributed by atoms with Crippen LogP contribution in [0.15, 0.2) is 53.7 Å². The van der Waals surface area contributed by atoms with E-state index in [-0.39, 0.29) is 17.9 Å². The highest BCUT2D eigenvalue weighted by atomic mass is 35.5. The van der Waals surface area contributed by atoms with E-state index >= 15 is 0 Å². The van der Waals surface area contributed by atoms with Crippen LogP contribution in [-0.2, 0) is 16.0 Å². The van der Waals surface area contributed by atoms with E-state index in [1.165, 1.54) is 25.7 Å². The number of thioether (sulfide) groups is 1. The Hall–Kier alpha value is -2.55. The third-order valence-corrected chi connectivity index (χ3v) is 10.1. The van der Waals surface area contributed by atoms with Crippen LogP contribution >= 0.6 is 35.0 Å². The Bertz CT molecular complexity index is 1360. The van der Waals surface area contributed by atoms with Gasteiger partial charge in [-0.25, -0.2) is 0 Å². The second kappa shape index (κ2) is 14.8. The Morgan fingerprint density at radius 1 is 0.952 bits per heavy atom. The molecule has 1 atom stereocenters. The van der Waals surface area contributed by atoms with Crippen molar-refractivity contribution >= 4 is 46.8 Å². The Kier molecular flexibility index (Phi) is 10.9. The molecule has 10 heteroatoms. The van der Waals surface area contributed by atoms with Crippen LogP contribution in [0, 0.1) is 5.92 Å². The number of hydrogen-bond acceptors (Lipinski definition) is 5. The molecule has 1 aliphatic carbocycles. The number of nitrogens with zero attached hydrogens (tertiary/aromatic N) is 5. The van der Waals surface area contributed by atoms with Gasteiger partial charge in [0, 0.05) is 50.7 Å². The van der Waals surface area contributed by atoms with Crippen LogP contribution in [0.1, 0.15) is 69.7 Å². The summed E-state index contributed by atoms with van der Waals surface area (Å²) in [5.41, 5.74) is 1.99. The van der Waals surface area contributed by atoms with Gasteiger partial charge in [-0.3, -0.25) is 14.2 Å². The molecule has 0 bridgehead atoms. The lowest BCUT2D eigenvalue weighted by atomic mass is 10.0. The number of aromatic nitrogens is 3. The quantitative estimate of drug-likeness (QED) is 0.168. The van der Waals surface area contributed by atoms with E-state index < -0.39 is 0 Å². The lowest BCUT2D eigenvalue weighted by Gasteiger charge is -2.40. The molecule has 2 fully saturated rings. The SMILES string of the molecule is CC1CN(C(=O)CCCSc2nnc(Cc3ccccc3)n2-c2ccc(Cl)c(Cl)c2)CCN1C(=O)CCC1CCCC1. The van der Waals surface area contributed by atoms with Gasteiger partial charge in [-0.15, -0.1) is 10.2 Å². The van der Waals surface area contributed by atoms with Crippen LogP contribution in [0.5, 0.6) is 0 Å². The zero-order chi connectivity index (χ0) is 29.5. The monoisotopic (exact) mass is 627 g/mol. The Morgan fingerprint density at radius 3 is 2.48 bits per heavy atom. The first-order valence-corrected chi connectivity index (χ1v) is 16.8. The molecule has 2 aliphatic rings. The van der Waals surface area contributed by atoms with Crippen molar-refractivity contribution in [3.05, 3.63) is 70.0 Å². The van der Waals surface area contributed by atoms with Gasteiger partial charge < -0.3 is 9.80 Å². The van der Waals surface area contributed by atoms with E-state index in [1.807, 2.05) is 44.7 Å². The second-order valence-corrected chi connectivity index (χ2v) is 13.3. The largest absolute Gasteiger partial charge is 0.339 e. The molecule has 5 rings (SSSR count). The lowest BCUT2D eigenvalue weighted by Crippen LogP contribution is -2.55. The predicted molar refractivity (Wildman–Crippen MR) is 170 cm³/mol.